The smallest absolute Gasteiger partial charge is 0.104 e. The van der Waals surface area contributed by atoms with Gasteiger partial charge in [0, 0.05) is 6.04 Å². The van der Waals surface area contributed by atoms with Crippen LogP contribution >= 0.6 is 11.8 Å². The third kappa shape index (κ3) is 5.44. The van der Waals surface area contributed by atoms with Gasteiger partial charge in [-0.2, -0.15) is 17.0 Å². The Kier molecular flexibility index (Phi) is 5.49. The number of rotatable bonds is 8. The van der Waals surface area contributed by atoms with Gasteiger partial charge in [0.25, 0.3) is 0 Å². The lowest BCUT2D eigenvalue weighted by Crippen LogP contribution is -2.42. The van der Waals surface area contributed by atoms with E-state index in [1.165, 1.54) is 30.8 Å². The third-order valence-electron chi connectivity index (χ3n) is 2.77. The summed E-state index contributed by atoms with van der Waals surface area (Å²) >= 11 is 1.99. The van der Waals surface area contributed by atoms with Crippen molar-refractivity contribution >= 4 is 11.8 Å². The first-order chi connectivity index (χ1) is 7.20. The Balaban J connectivity index is 2.12. The maximum absolute atomic E-state index is 9.15. The monoisotopic (exact) mass is 226 g/mol. The van der Waals surface area contributed by atoms with E-state index in [-0.39, 0.29) is 5.54 Å². The second-order valence-electron chi connectivity index (χ2n) is 4.52. The zero-order valence-electron chi connectivity index (χ0n) is 9.88. The van der Waals surface area contributed by atoms with E-state index >= 15 is 0 Å². The first kappa shape index (κ1) is 12.9. The Morgan fingerprint density at radius 2 is 2.20 bits per heavy atom. The van der Waals surface area contributed by atoms with Crippen molar-refractivity contribution < 1.29 is 0 Å². The van der Waals surface area contributed by atoms with Crippen LogP contribution in [0.3, 0.4) is 0 Å². The van der Waals surface area contributed by atoms with Crippen molar-refractivity contribution in [1.29, 1.82) is 5.26 Å². The van der Waals surface area contributed by atoms with Crippen LogP contribution in [0.5, 0.6) is 0 Å². The van der Waals surface area contributed by atoms with Gasteiger partial charge in [-0.25, -0.2) is 0 Å². The molecule has 0 aromatic heterocycles. The molecule has 0 spiro atoms. The highest BCUT2D eigenvalue weighted by atomic mass is 32.2. The number of hydrogen-bond acceptors (Lipinski definition) is 3. The van der Waals surface area contributed by atoms with Gasteiger partial charge in [-0.05, 0) is 50.5 Å². The minimum Gasteiger partial charge on any atom is -0.297 e. The Morgan fingerprint density at radius 3 is 2.73 bits per heavy atom. The number of nitriles is 1. The minimum atomic E-state index is -0.280. The van der Waals surface area contributed by atoms with Crippen LogP contribution in [0.1, 0.15) is 46.0 Å². The summed E-state index contributed by atoms with van der Waals surface area (Å²) in [6.45, 7) is 4.23. The number of nitrogens with zero attached hydrogens (tertiary/aromatic N) is 1. The Morgan fingerprint density at radius 1 is 1.47 bits per heavy atom. The normalized spacial score (nSPS) is 19.5. The fourth-order valence-electron chi connectivity index (χ4n) is 1.67. The molecule has 0 saturated heterocycles. The van der Waals surface area contributed by atoms with E-state index < -0.39 is 0 Å². The van der Waals surface area contributed by atoms with Gasteiger partial charge >= 0.3 is 0 Å². The molecule has 0 amide bonds. The standard InChI is InChI=1S/C12H22N2S/c1-3-15-9-5-4-8-12(2,10-13)14-11-6-7-11/h11,14H,3-9H2,1-2H3. The van der Waals surface area contributed by atoms with Crippen LogP contribution in [0, 0.1) is 11.3 Å². The van der Waals surface area contributed by atoms with E-state index in [2.05, 4.69) is 18.3 Å². The lowest BCUT2D eigenvalue weighted by atomic mass is 9.96. The lowest BCUT2D eigenvalue weighted by molar-refractivity contribution is 0.402. The summed E-state index contributed by atoms with van der Waals surface area (Å²) in [6, 6.07) is 3.05. The topological polar surface area (TPSA) is 35.8 Å². The van der Waals surface area contributed by atoms with Crippen molar-refractivity contribution in [2.45, 2.75) is 57.5 Å². The van der Waals surface area contributed by atoms with Crippen molar-refractivity contribution in [3.05, 3.63) is 0 Å². The van der Waals surface area contributed by atoms with Crippen molar-refractivity contribution in [3.8, 4) is 6.07 Å². The minimum absolute atomic E-state index is 0.280. The summed E-state index contributed by atoms with van der Waals surface area (Å²) in [5.74, 6) is 2.44. The van der Waals surface area contributed by atoms with Gasteiger partial charge < -0.3 is 0 Å². The number of unbranched alkanes of at least 4 members (excludes halogenated alkanes) is 1. The molecule has 0 radical (unpaired) electrons. The summed E-state index contributed by atoms with van der Waals surface area (Å²) in [4.78, 5) is 0. The summed E-state index contributed by atoms with van der Waals surface area (Å²) in [5, 5.41) is 12.6. The largest absolute Gasteiger partial charge is 0.297 e. The molecule has 15 heavy (non-hydrogen) atoms. The summed E-state index contributed by atoms with van der Waals surface area (Å²) in [5.41, 5.74) is -0.280. The molecule has 0 aromatic rings. The Hall–Kier alpha value is -0.200. The third-order valence-corrected chi connectivity index (χ3v) is 3.75. The molecular weight excluding hydrogens is 204 g/mol. The summed E-state index contributed by atoms with van der Waals surface area (Å²) in [6.07, 6.45) is 5.90. The summed E-state index contributed by atoms with van der Waals surface area (Å²) < 4.78 is 0. The highest BCUT2D eigenvalue weighted by molar-refractivity contribution is 7.99. The quantitative estimate of drug-likeness (QED) is 0.646. The molecule has 1 N–H and O–H groups in total. The van der Waals surface area contributed by atoms with Gasteiger partial charge in [0.1, 0.15) is 5.54 Å². The van der Waals surface area contributed by atoms with E-state index in [1.54, 1.807) is 0 Å². The first-order valence-corrected chi connectivity index (χ1v) is 7.12. The molecule has 1 rings (SSSR count). The van der Waals surface area contributed by atoms with Gasteiger partial charge in [0.05, 0.1) is 6.07 Å². The Bertz CT molecular complexity index is 220. The van der Waals surface area contributed by atoms with Crippen molar-refractivity contribution in [3.63, 3.8) is 0 Å². The molecule has 1 fully saturated rings. The van der Waals surface area contributed by atoms with Crippen LogP contribution in [-0.2, 0) is 0 Å². The number of nitrogens with one attached hydrogen (secondary N) is 1. The van der Waals surface area contributed by atoms with Gasteiger partial charge in [-0.15, -0.1) is 0 Å². The zero-order valence-corrected chi connectivity index (χ0v) is 10.7. The zero-order chi connectivity index (χ0) is 11.1. The van der Waals surface area contributed by atoms with E-state index in [0.29, 0.717) is 6.04 Å². The van der Waals surface area contributed by atoms with Gasteiger partial charge in [-0.1, -0.05) is 6.92 Å². The van der Waals surface area contributed by atoms with E-state index in [1.807, 2.05) is 18.7 Å². The van der Waals surface area contributed by atoms with Crippen LogP contribution in [0.25, 0.3) is 0 Å². The molecule has 3 heteroatoms. The van der Waals surface area contributed by atoms with Gasteiger partial charge in [-0.3, -0.25) is 5.32 Å². The van der Waals surface area contributed by atoms with Crippen LogP contribution in [0.4, 0.5) is 0 Å². The highest BCUT2D eigenvalue weighted by Crippen LogP contribution is 2.24. The molecule has 1 unspecified atom stereocenters. The second-order valence-corrected chi connectivity index (χ2v) is 5.91. The molecule has 1 aliphatic rings. The van der Waals surface area contributed by atoms with Gasteiger partial charge in [0.15, 0.2) is 0 Å². The average molecular weight is 226 g/mol. The fourth-order valence-corrected chi connectivity index (χ4v) is 2.36. The summed E-state index contributed by atoms with van der Waals surface area (Å²) in [7, 11) is 0. The van der Waals surface area contributed by atoms with E-state index in [9.17, 15) is 0 Å². The fraction of sp³-hybridized carbons (Fsp3) is 0.917. The molecule has 1 saturated carbocycles. The van der Waals surface area contributed by atoms with E-state index in [0.717, 1.165) is 12.8 Å². The van der Waals surface area contributed by atoms with Crippen molar-refractivity contribution in [1.82, 2.24) is 5.32 Å². The molecule has 0 heterocycles. The lowest BCUT2D eigenvalue weighted by Gasteiger charge is -2.23. The maximum Gasteiger partial charge on any atom is 0.104 e. The molecular formula is C12H22N2S. The van der Waals surface area contributed by atoms with Gasteiger partial charge in [0.2, 0.25) is 0 Å². The van der Waals surface area contributed by atoms with E-state index in [4.69, 9.17) is 5.26 Å². The highest BCUT2D eigenvalue weighted by Gasteiger charge is 2.31. The van der Waals surface area contributed by atoms with Crippen LogP contribution in [0.2, 0.25) is 0 Å². The van der Waals surface area contributed by atoms with Crippen LogP contribution in [-0.4, -0.2) is 23.1 Å². The first-order valence-electron chi connectivity index (χ1n) is 5.97. The number of thioether (sulfide) groups is 1. The van der Waals surface area contributed by atoms with Crippen LogP contribution in [0.15, 0.2) is 0 Å². The van der Waals surface area contributed by atoms with Crippen LogP contribution < -0.4 is 5.32 Å². The molecule has 1 atom stereocenters. The molecule has 86 valence electrons. The number of hydrogen-bond donors (Lipinski definition) is 1. The Labute approximate surface area is 97.8 Å². The molecule has 0 aliphatic heterocycles. The predicted molar refractivity (Wildman–Crippen MR) is 67.0 cm³/mol. The maximum atomic E-state index is 9.15. The van der Waals surface area contributed by atoms with Crippen molar-refractivity contribution in [2.24, 2.45) is 0 Å². The molecule has 2 nitrogen and oxygen atoms in total. The molecule has 0 bridgehead atoms. The average Bonchev–Trinajstić information content (AvgIpc) is 3.01. The van der Waals surface area contributed by atoms with Crippen molar-refractivity contribution in [2.75, 3.05) is 11.5 Å². The molecule has 1 aliphatic carbocycles. The second kappa shape index (κ2) is 6.40. The molecule has 0 aromatic carbocycles. The predicted octanol–water partition coefficient (Wildman–Crippen LogP) is 2.94. The SMILES string of the molecule is CCSCCCCC(C)(C#N)NC1CC1.